The number of rotatable bonds is 3. The molecule has 0 atom stereocenters. The maximum Gasteiger partial charge on any atom is 0.293 e. The zero-order valence-corrected chi connectivity index (χ0v) is 9.80. The van der Waals surface area contributed by atoms with Crippen molar-refractivity contribution in [2.24, 2.45) is 0 Å². The number of nitrogens with zero attached hydrogens (tertiary/aromatic N) is 2. The zero-order valence-electron chi connectivity index (χ0n) is 9.80. The van der Waals surface area contributed by atoms with E-state index in [1.807, 2.05) is 0 Å². The Hall–Kier alpha value is -2.61. The van der Waals surface area contributed by atoms with Crippen molar-refractivity contribution in [1.29, 1.82) is 5.26 Å². The molecule has 5 nitrogen and oxygen atoms in total. The molecule has 0 aliphatic heterocycles. The number of nitrogens with one attached hydrogen (secondary N) is 1. The van der Waals surface area contributed by atoms with E-state index < -0.39 is 0 Å². The molecule has 18 heavy (non-hydrogen) atoms. The lowest BCUT2D eigenvalue weighted by molar-refractivity contribution is 0.0996. The summed E-state index contributed by atoms with van der Waals surface area (Å²) in [5, 5.41) is 11.2. The molecule has 1 amide bonds. The SMILES string of the molecule is Cc1ncoc1C(=O)Nc1ccc(CC#N)cc1. The molecular formula is C13H11N3O2. The molecule has 0 fully saturated rings. The normalized spacial score (nSPS) is 9.78. The third-order valence-corrected chi connectivity index (χ3v) is 2.45. The Balaban J connectivity index is 2.08. The van der Waals surface area contributed by atoms with E-state index in [0.29, 0.717) is 17.8 Å². The smallest absolute Gasteiger partial charge is 0.293 e. The number of aryl methyl sites for hydroxylation is 1. The zero-order chi connectivity index (χ0) is 13.0. The quantitative estimate of drug-likeness (QED) is 0.894. The van der Waals surface area contributed by atoms with E-state index in [2.05, 4.69) is 16.4 Å². The molecule has 0 bridgehead atoms. The fraction of sp³-hybridized carbons (Fsp3) is 0.154. The Bertz CT molecular complexity index is 593. The Morgan fingerprint density at radius 3 is 2.72 bits per heavy atom. The molecule has 0 radical (unpaired) electrons. The van der Waals surface area contributed by atoms with Gasteiger partial charge in [0, 0.05) is 5.69 Å². The Labute approximate surface area is 104 Å². The summed E-state index contributed by atoms with van der Waals surface area (Å²) in [5.74, 6) is -0.130. The van der Waals surface area contributed by atoms with Crippen LogP contribution in [0.25, 0.3) is 0 Å². The van der Waals surface area contributed by atoms with Crippen molar-refractivity contribution >= 4 is 11.6 Å². The van der Waals surface area contributed by atoms with Crippen molar-refractivity contribution in [3.8, 4) is 6.07 Å². The fourth-order valence-corrected chi connectivity index (χ4v) is 1.50. The molecule has 5 heteroatoms. The first-order valence-corrected chi connectivity index (χ1v) is 5.38. The van der Waals surface area contributed by atoms with E-state index in [4.69, 9.17) is 9.68 Å². The van der Waals surface area contributed by atoms with E-state index in [0.717, 1.165) is 5.56 Å². The number of carbonyl (C=O) groups is 1. The molecule has 1 N–H and O–H groups in total. The molecule has 0 unspecified atom stereocenters. The van der Waals surface area contributed by atoms with Crippen molar-refractivity contribution < 1.29 is 9.21 Å². The molecule has 1 aromatic heterocycles. The first-order chi connectivity index (χ1) is 8.70. The van der Waals surface area contributed by atoms with Crippen LogP contribution in [0, 0.1) is 18.3 Å². The molecule has 2 rings (SSSR count). The minimum absolute atomic E-state index is 0.205. The molecule has 0 saturated heterocycles. The number of anilines is 1. The van der Waals surface area contributed by atoms with Crippen LogP contribution in [0.5, 0.6) is 0 Å². The third kappa shape index (κ3) is 2.55. The monoisotopic (exact) mass is 241 g/mol. The van der Waals surface area contributed by atoms with Gasteiger partial charge in [-0.1, -0.05) is 12.1 Å². The van der Waals surface area contributed by atoms with Crippen LogP contribution >= 0.6 is 0 Å². The summed E-state index contributed by atoms with van der Waals surface area (Å²) in [6, 6.07) is 9.15. The highest BCUT2D eigenvalue weighted by atomic mass is 16.3. The second kappa shape index (κ2) is 5.15. The summed E-state index contributed by atoms with van der Waals surface area (Å²) in [6.45, 7) is 1.70. The van der Waals surface area contributed by atoms with Gasteiger partial charge >= 0.3 is 0 Å². The van der Waals surface area contributed by atoms with Crippen molar-refractivity contribution in [2.75, 3.05) is 5.32 Å². The van der Waals surface area contributed by atoms with Crippen LogP contribution in [0.1, 0.15) is 21.8 Å². The van der Waals surface area contributed by atoms with Crippen molar-refractivity contribution in [3.05, 3.63) is 47.7 Å². The molecule has 90 valence electrons. The van der Waals surface area contributed by atoms with Crippen LogP contribution in [0.4, 0.5) is 5.69 Å². The number of oxazole rings is 1. The minimum atomic E-state index is -0.335. The highest BCUT2D eigenvalue weighted by Crippen LogP contribution is 2.13. The topological polar surface area (TPSA) is 78.9 Å². The fourth-order valence-electron chi connectivity index (χ4n) is 1.50. The van der Waals surface area contributed by atoms with Gasteiger partial charge in [-0.05, 0) is 24.6 Å². The maximum absolute atomic E-state index is 11.8. The van der Waals surface area contributed by atoms with Gasteiger partial charge in [-0.3, -0.25) is 4.79 Å². The second-order valence-corrected chi connectivity index (χ2v) is 3.75. The van der Waals surface area contributed by atoms with Gasteiger partial charge in [-0.2, -0.15) is 5.26 Å². The number of hydrogen-bond donors (Lipinski definition) is 1. The van der Waals surface area contributed by atoms with E-state index in [1.165, 1.54) is 6.39 Å². The number of aromatic nitrogens is 1. The number of carbonyl (C=O) groups excluding carboxylic acids is 1. The van der Waals surface area contributed by atoms with Gasteiger partial charge in [-0.15, -0.1) is 0 Å². The Morgan fingerprint density at radius 1 is 1.44 bits per heavy atom. The Morgan fingerprint density at radius 2 is 2.17 bits per heavy atom. The molecular weight excluding hydrogens is 230 g/mol. The first-order valence-electron chi connectivity index (χ1n) is 5.38. The molecule has 1 heterocycles. The third-order valence-electron chi connectivity index (χ3n) is 2.45. The average molecular weight is 241 g/mol. The van der Waals surface area contributed by atoms with E-state index >= 15 is 0 Å². The lowest BCUT2D eigenvalue weighted by Gasteiger charge is -2.03. The van der Waals surface area contributed by atoms with Crippen LogP contribution in [-0.2, 0) is 6.42 Å². The average Bonchev–Trinajstić information content (AvgIpc) is 2.78. The van der Waals surface area contributed by atoms with Gasteiger partial charge in [0.15, 0.2) is 6.39 Å². The molecule has 1 aromatic carbocycles. The molecule has 0 aliphatic carbocycles. The second-order valence-electron chi connectivity index (χ2n) is 3.75. The first kappa shape index (κ1) is 11.9. The lowest BCUT2D eigenvalue weighted by Crippen LogP contribution is -2.12. The predicted molar refractivity (Wildman–Crippen MR) is 65.0 cm³/mol. The standard InChI is InChI=1S/C13H11N3O2/c1-9-12(18-8-15-9)13(17)16-11-4-2-10(3-5-11)6-7-14/h2-5,8H,6H2,1H3,(H,16,17). The van der Waals surface area contributed by atoms with Crippen LogP contribution in [-0.4, -0.2) is 10.9 Å². The van der Waals surface area contributed by atoms with Crippen LogP contribution < -0.4 is 5.32 Å². The van der Waals surface area contributed by atoms with Crippen LogP contribution in [0.15, 0.2) is 35.1 Å². The minimum Gasteiger partial charge on any atom is -0.438 e. The van der Waals surface area contributed by atoms with Gasteiger partial charge in [0.2, 0.25) is 5.76 Å². The van der Waals surface area contributed by atoms with Gasteiger partial charge in [0.05, 0.1) is 18.2 Å². The molecule has 0 aliphatic rings. The predicted octanol–water partition coefficient (Wildman–Crippen LogP) is 2.30. The number of hydrogen-bond acceptors (Lipinski definition) is 4. The van der Waals surface area contributed by atoms with Gasteiger partial charge in [0.1, 0.15) is 0 Å². The summed E-state index contributed by atoms with van der Waals surface area (Å²) >= 11 is 0. The molecule has 2 aromatic rings. The Kier molecular flexibility index (Phi) is 3.39. The summed E-state index contributed by atoms with van der Waals surface area (Å²) in [7, 11) is 0. The van der Waals surface area contributed by atoms with E-state index in [-0.39, 0.29) is 11.7 Å². The summed E-state index contributed by atoms with van der Waals surface area (Å²) in [4.78, 5) is 15.7. The number of benzene rings is 1. The maximum atomic E-state index is 11.8. The lowest BCUT2D eigenvalue weighted by atomic mass is 10.1. The number of amides is 1. The van der Waals surface area contributed by atoms with E-state index in [9.17, 15) is 4.79 Å². The van der Waals surface area contributed by atoms with Crippen molar-refractivity contribution in [1.82, 2.24) is 4.98 Å². The van der Waals surface area contributed by atoms with Crippen molar-refractivity contribution in [3.63, 3.8) is 0 Å². The van der Waals surface area contributed by atoms with Crippen molar-refractivity contribution in [2.45, 2.75) is 13.3 Å². The van der Waals surface area contributed by atoms with Gasteiger partial charge in [-0.25, -0.2) is 4.98 Å². The molecule has 0 saturated carbocycles. The highest BCUT2D eigenvalue weighted by Gasteiger charge is 2.13. The highest BCUT2D eigenvalue weighted by molar-refractivity contribution is 6.02. The van der Waals surface area contributed by atoms with Gasteiger partial charge in [0.25, 0.3) is 5.91 Å². The summed E-state index contributed by atoms with van der Waals surface area (Å²) < 4.78 is 4.99. The molecule has 0 spiro atoms. The van der Waals surface area contributed by atoms with Gasteiger partial charge < -0.3 is 9.73 Å². The summed E-state index contributed by atoms with van der Waals surface area (Å²) in [6.07, 6.45) is 1.59. The van der Waals surface area contributed by atoms with E-state index in [1.54, 1.807) is 31.2 Å². The van der Waals surface area contributed by atoms with Crippen LogP contribution in [0.3, 0.4) is 0 Å². The largest absolute Gasteiger partial charge is 0.438 e. The van der Waals surface area contributed by atoms with Crippen LogP contribution in [0.2, 0.25) is 0 Å². The summed E-state index contributed by atoms with van der Waals surface area (Å²) in [5.41, 5.74) is 2.11. The number of nitriles is 1.